The zero-order valence-electron chi connectivity index (χ0n) is 11.1. The third-order valence-electron chi connectivity index (χ3n) is 3.06. The van der Waals surface area contributed by atoms with E-state index in [0.717, 1.165) is 11.1 Å². The van der Waals surface area contributed by atoms with Crippen molar-refractivity contribution in [3.05, 3.63) is 65.2 Å². The molecule has 0 bridgehead atoms. The Morgan fingerprint density at radius 1 is 1.15 bits per heavy atom. The van der Waals surface area contributed by atoms with Crippen LogP contribution in [-0.2, 0) is 4.79 Å². The fourth-order valence-electron chi connectivity index (χ4n) is 1.98. The number of carbonyl (C=O) groups excluding carboxylic acids is 1. The first-order valence-electron chi connectivity index (χ1n) is 6.19. The van der Waals surface area contributed by atoms with Crippen molar-refractivity contribution in [3.8, 4) is 17.2 Å². The molecule has 2 aromatic rings. The van der Waals surface area contributed by atoms with Crippen molar-refractivity contribution in [2.75, 3.05) is 0 Å². The maximum absolute atomic E-state index is 11.0. The van der Waals surface area contributed by atoms with E-state index in [0.29, 0.717) is 0 Å². The molecule has 0 saturated heterocycles. The van der Waals surface area contributed by atoms with E-state index >= 15 is 0 Å². The largest absolute Gasteiger partial charge is 0.365 e. The third-order valence-corrected chi connectivity index (χ3v) is 3.06. The lowest BCUT2D eigenvalue weighted by Gasteiger charge is -2.06. The molecule has 0 aliphatic carbocycles. The zero-order valence-corrected chi connectivity index (χ0v) is 11.1. The molecule has 1 amide bonds. The summed E-state index contributed by atoms with van der Waals surface area (Å²) < 4.78 is 0. The summed E-state index contributed by atoms with van der Waals surface area (Å²) in [7, 11) is 0. The fraction of sp³-hybridized carbons (Fsp3) is 0.0588. The molecule has 20 heavy (non-hydrogen) atoms. The molecule has 2 rings (SSSR count). The van der Waals surface area contributed by atoms with Gasteiger partial charge < -0.3 is 5.73 Å². The van der Waals surface area contributed by atoms with E-state index < -0.39 is 5.91 Å². The molecule has 0 radical (unpaired) electrons. The van der Waals surface area contributed by atoms with Crippen LogP contribution in [0.15, 0.2) is 54.1 Å². The molecule has 0 aliphatic rings. The van der Waals surface area contributed by atoms with Gasteiger partial charge in [0.15, 0.2) is 0 Å². The lowest BCUT2D eigenvalue weighted by molar-refractivity contribution is -0.114. The van der Waals surface area contributed by atoms with Crippen molar-refractivity contribution < 1.29 is 4.79 Å². The zero-order chi connectivity index (χ0) is 14.5. The Labute approximate surface area is 118 Å². The second kappa shape index (κ2) is 5.85. The topological polar surface area (TPSA) is 66.9 Å². The Bertz CT molecular complexity index is 707. The minimum atomic E-state index is -0.713. The number of benzene rings is 2. The van der Waals surface area contributed by atoms with Crippen molar-refractivity contribution in [3.63, 3.8) is 0 Å². The summed E-state index contributed by atoms with van der Waals surface area (Å²) in [6, 6.07) is 17.6. The molecule has 0 fully saturated rings. The Balaban J connectivity index is 2.35. The minimum Gasteiger partial charge on any atom is -0.365 e. The number of primary amides is 1. The Hall–Kier alpha value is -2.86. The van der Waals surface area contributed by atoms with E-state index in [1.54, 1.807) is 6.07 Å². The lowest BCUT2D eigenvalue weighted by Crippen LogP contribution is -2.12. The van der Waals surface area contributed by atoms with Gasteiger partial charge in [-0.2, -0.15) is 5.26 Å². The summed E-state index contributed by atoms with van der Waals surface area (Å²) >= 11 is 0. The summed E-state index contributed by atoms with van der Waals surface area (Å²) in [5.41, 5.74) is 9.29. The molecule has 0 atom stereocenters. The van der Waals surface area contributed by atoms with Gasteiger partial charge >= 0.3 is 0 Å². The van der Waals surface area contributed by atoms with Crippen molar-refractivity contribution >= 4 is 12.0 Å². The van der Waals surface area contributed by atoms with Gasteiger partial charge in [-0.1, -0.05) is 48.5 Å². The van der Waals surface area contributed by atoms with Crippen LogP contribution >= 0.6 is 0 Å². The van der Waals surface area contributed by atoms with Crippen LogP contribution in [0.5, 0.6) is 0 Å². The van der Waals surface area contributed by atoms with E-state index in [4.69, 9.17) is 11.0 Å². The number of carbonyl (C=O) groups is 1. The molecule has 98 valence electrons. The van der Waals surface area contributed by atoms with Gasteiger partial charge in [-0.15, -0.1) is 0 Å². The first-order chi connectivity index (χ1) is 9.61. The Morgan fingerprint density at radius 2 is 1.80 bits per heavy atom. The number of nitrogens with two attached hydrogens (primary N) is 1. The second-order valence-electron chi connectivity index (χ2n) is 4.47. The van der Waals surface area contributed by atoms with Crippen LogP contribution in [0.2, 0.25) is 0 Å². The van der Waals surface area contributed by atoms with Crippen molar-refractivity contribution in [1.29, 1.82) is 5.26 Å². The Morgan fingerprint density at radius 3 is 2.35 bits per heavy atom. The van der Waals surface area contributed by atoms with Crippen LogP contribution in [0.3, 0.4) is 0 Å². The quantitative estimate of drug-likeness (QED) is 0.682. The van der Waals surface area contributed by atoms with E-state index in [1.807, 2.05) is 36.4 Å². The second-order valence-corrected chi connectivity index (χ2v) is 4.47. The number of rotatable bonds is 3. The van der Waals surface area contributed by atoms with Crippen LogP contribution in [0.25, 0.3) is 17.2 Å². The maximum Gasteiger partial charge on any atom is 0.259 e. The molecule has 0 unspecified atom stereocenters. The van der Waals surface area contributed by atoms with Gasteiger partial charge in [-0.3, -0.25) is 4.79 Å². The summed E-state index contributed by atoms with van der Waals surface area (Å²) in [6.45, 7) is 2.06. The van der Waals surface area contributed by atoms with Crippen LogP contribution in [0, 0.1) is 18.3 Å². The van der Waals surface area contributed by atoms with E-state index in [2.05, 4.69) is 19.1 Å². The highest BCUT2D eigenvalue weighted by atomic mass is 16.1. The lowest BCUT2D eigenvalue weighted by atomic mass is 9.99. The molecule has 3 heteroatoms. The molecular formula is C17H14N2O. The monoisotopic (exact) mass is 262 g/mol. The van der Waals surface area contributed by atoms with Gasteiger partial charge in [-0.25, -0.2) is 0 Å². The molecule has 0 heterocycles. The molecule has 2 N–H and O–H groups in total. The molecule has 3 nitrogen and oxygen atoms in total. The number of aryl methyl sites for hydroxylation is 1. The van der Waals surface area contributed by atoms with Crippen molar-refractivity contribution in [2.45, 2.75) is 6.92 Å². The highest BCUT2D eigenvalue weighted by Crippen LogP contribution is 2.23. The highest BCUT2D eigenvalue weighted by molar-refractivity contribution is 6.00. The average Bonchev–Trinajstić information content (AvgIpc) is 2.46. The van der Waals surface area contributed by atoms with Crippen LogP contribution < -0.4 is 5.73 Å². The van der Waals surface area contributed by atoms with Gasteiger partial charge in [0.1, 0.15) is 11.6 Å². The predicted molar refractivity (Wildman–Crippen MR) is 79.4 cm³/mol. The number of nitrogens with zero attached hydrogens (tertiary/aromatic N) is 1. The molecular weight excluding hydrogens is 248 g/mol. The van der Waals surface area contributed by atoms with E-state index in [1.165, 1.54) is 17.2 Å². The highest BCUT2D eigenvalue weighted by Gasteiger charge is 2.04. The van der Waals surface area contributed by atoms with Crippen LogP contribution in [0.1, 0.15) is 11.1 Å². The standard InChI is InChI=1S/C17H14N2O/c1-12-4-2-3-5-16(12)14-8-6-13(7-9-14)10-15(11-18)17(19)20/h2-10H,1H3,(H2,19,20)/b15-10+. The normalized spacial score (nSPS) is 10.9. The first kappa shape index (κ1) is 13.6. The smallest absolute Gasteiger partial charge is 0.259 e. The molecule has 0 aliphatic heterocycles. The van der Waals surface area contributed by atoms with Gasteiger partial charge in [0.25, 0.3) is 5.91 Å². The summed E-state index contributed by atoms with van der Waals surface area (Å²) in [6.07, 6.45) is 1.49. The summed E-state index contributed by atoms with van der Waals surface area (Å²) in [5.74, 6) is -0.713. The molecule has 0 spiro atoms. The number of hydrogen-bond acceptors (Lipinski definition) is 2. The average molecular weight is 262 g/mol. The van der Waals surface area contributed by atoms with E-state index in [9.17, 15) is 4.79 Å². The maximum atomic E-state index is 11.0. The first-order valence-corrected chi connectivity index (χ1v) is 6.19. The van der Waals surface area contributed by atoms with Crippen LogP contribution in [0.4, 0.5) is 0 Å². The van der Waals surface area contributed by atoms with Gasteiger partial charge in [0.05, 0.1) is 0 Å². The van der Waals surface area contributed by atoms with Gasteiger partial charge in [0.2, 0.25) is 0 Å². The number of hydrogen-bond donors (Lipinski definition) is 1. The SMILES string of the molecule is Cc1ccccc1-c1ccc(/C=C(\C#N)C(N)=O)cc1. The third kappa shape index (κ3) is 2.93. The summed E-state index contributed by atoms with van der Waals surface area (Å²) in [4.78, 5) is 11.0. The number of amides is 1. The van der Waals surface area contributed by atoms with Crippen molar-refractivity contribution in [2.24, 2.45) is 5.73 Å². The van der Waals surface area contributed by atoms with E-state index in [-0.39, 0.29) is 5.57 Å². The molecule has 0 saturated carbocycles. The van der Waals surface area contributed by atoms with Gasteiger partial charge in [0, 0.05) is 0 Å². The number of nitriles is 1. The fourth-order valence-corrected chi connectivity index (χ4v) is 1.98. The van der Waals surface area contributed by atoms with Gasteiger partial charge in [-0.05, 0) is 35.3 Å². The Kier molecular flexibility index (Phi) is 3.97. The molecule has 0 aromatic heterocycles. The summed E-state index contributed by atoms with van der Waals surface area (Å²) in [5, 5.41) is 8.81. The molecule has 2 aromatic carbocycles. The van der Waals surface area contributed by atoms with Crippen LogP contribution in [-0.4, -0.2) is 5.91 Å². The minimum absolute atomic E-state index is 0.0476. The van der Waals surface area contributed by atoms with Crippen molar-refractivity contribution in [1.82, 2.24) is 0 Å². The predicted octanol–water partition coefficient (Wildman–Crippen LogP) is 3.05.